The van der Waals surface area contributed by atoms with Gasteiger partial charge in [0.2, 0.25) is 0 Å². The van der Waals surface area contributed by atoms with Gasteiger partial charge in [0.25, 0.3) is 9.84 Å². The lowest BCUT2D eigenvalue weighted by Crippen LogP contribution is -2.30. The summed E-state index contributed by atoms with van der Waals surface area (Å²) in [5.74, 6) is 0. The standard InChI is InChI=1S/C12H11F3O3S/c13-12(14,15)19(16,17)10-7-4-8-18-11(10)9-5-2-1-3-6-9/h1-3,5-7,11H,4,8H2. The smallest absolute Gasteiger partial charge is 0.368 e. The molecule has 104 valence electrons. The molecule has 1 aromatic rings. The van der Waals surface area contributed by atoms with Gasteiger partial charge in [0, 0.05) is 0 Å². The first-order valence-corrected chi connectivity index (χ1v) is 7.00. The van der Waals surface area contributed by atoms with Gasteiger partial charge in [0.15, 0.2) is 0 Å². The van der Waals surface area contributed by atoms with Crippen molar-refractivity contribution in [3.05, 3.63) is 46.9 Å². The average molecular weight is 292 g/mol. The Morgan fingerprint density at radius 1 is 1.16 bits per heavy atom. The maximum atomic E-state index is 12.6. The largest absolute Gasteiger partial charge is 0.501 e. The quantitative estimate of drug-likeness (QED) is 0.841. The molecule has 0 N–H and O–H groups in total. The molecule has 1 aliphatic rings. The van der Waals surface area contributed by atoms with Crippen LogP contribution >= 0.6 is 0 Å². The van der Waals surface area contributed by atoms with E-state index in [2.05, 4.69) is 0 Å². The van der Waals surface area contributed by atoms with Gasteiger partial charge in [-0.15, -0.1) is 0 Å². The molecule has 0 bridgehead atoms. The van der Waals surface area contributed by atoms with Crippen LogP contribution in [0.25, 0.3) is 0 Å². The van der Waals surface area contributed by atoms with Crippen molar-refractivity contribution >= 4 is 9.84 Å². The minimum atomic E-state index is -5.36. The lowest BCUT2D eigenvalue weighted by Gasteiger charge is -2.25. The molecule has 0 aromatic heterocycles. The van der Waals surface area contributed by atoms with E-state index in [9.17, 15) is 21.6 Å². The lowest BCUT2D eigenvalue weighted by atomic mass is 10.1. The molecule has 0 amide bonds. The van der Waals surface area contributed by atoms with E-state index in [-0.39, 0.29) is 13.0 Å². The molecule has 1 atom stereocenters. The van der Waals surface area contributed by atoms with Gasteiger partial charge in [-0.1, -0.05) is 36.4 Å². The van der Waals surface area contributed by atoms with Gasteiger partial charge in [-0.25, -0.2) is 8.42 Å². The molecular formula is C12H11F3O3S. The third-order valence-corrected chi connectivity index (χ3v) is 4.33. The number of benzene rings is 1. The summed E-state index contributed by atoms with van der Waals surface area (Å²) in [5.41, 5.74) is -4.92. The highest BCUT2D eigenvalue weighted by Crippen LogP contribution is 2.39. The van der Waals surface area contributed by atoms with Crippen LogP contribution in [-0.2, 0) is 14.6 Å². The Hall–Kier alpha value is -1.34. The Bertz CT molecular complexity index is 576. The molecule has 0 fully saturated rings. The van der Waals surface area contributed by atoms with E-state index in [0.29, 0.717) is 5.56 Å². The summed E-state index contributed by atoms with van der Waals surface area (Å²) in [6.45, 7) is 0.191. The zero-order valence-electron chi connectivity index (χ0n) is 9.72. The number of hydrogen-bond acceptors (Lipinski definition) is 3. The topological polar surface area (TPSA) is 43.4 Å². The number of hydrogen-bond donors (Lipinski definition) is 0. The molecule has 1 aliphatic heterocycles. The number of alkyl halides is 3. The van der Waals surface area contributed by atoms with Gasteiger partial charge in [-0.05, 0) is 12.0 Å². The second-order valence-corrected chi connectivity index (χ2v) is 5.95. The second-order valence-electron chi connectivity index (χ2n) is 4.01. The van der Waals surface area contributed by atoms with Crippen LogP contribution < -0.4 is 0 Å². The predicted molar refractivity (Wildman–Crippen MR) is 62.8 cm³/mol. The number of ether oxygens (including phenoxy) is 1. The van der Waals surface area contributed by atoms with Crippen LogP contribution in [0.5, 0.6) is 0 Å². The van der Waals surface area contributed by atoms with Crippen molar-refractivity contribution in [3.63, 3.8) is 0 Å². The van der Waals surface area contributed by atoms with E-state index in [4.69, 9.17) is 4.74 Å². The fourth-order valence-electron chi connectivity index (χ4n) is 1.85. The lowest BCUT2D eigenvalue weighted by molar-refractivity contribution is -0.0439. The monoisotopic (exact) mass is 292 g/mol. The van der Waals surface area contributed by atoms with Crippen LogP contribution in [0.15, 0.2) is 41.3 Å². The van der Waals surface area contributed by atoms with Crippen LogP contribution in [-0.4, -0.2) is 20.5 Å². The van der Waals surface area contributed by atoms with Crippen molar-refractivity contribution in [3.8, 4) is 0 Å². The van der Waals surface area contributed by atoms with Gasteiger partial charge in [0.05, 0.1) is 11.5 Å². The van der Waals surface area contributed by atoms with Gasteiger partial charge < -0.3 is 4.74 Å². The molecule has 0 aliphatic carbocycles. The number of sulfone groups is 1. The summed E-state index contributed by atoms with van der Waals surface area (Å²) in [7, 11) is -5.36. The first-order chi connectivity index (χ1) is 8.84. The summed E-state index contributed by atoms with van der Waals surface area (Å²) < 4.78 is 66.1. The predicted octanol–water partition coefficient (Wildman–Crippen LogP) is 2.97. The van der Waals surface area contributed by atoms with Crippen molar-refractivity contribution in [1.29, 1.82) is 0 Å². The SMILES string of the molecule is O=S(=O)(C1=CCCOC1c1ccccc1)C(F)(F)F. The Balaban J connectivity index is 2.46. The molecule has 0 radical (unpaired) electrons. The minimum absolute atomic E-state index is 0.147. The van der Waals surface area contributed by atoms with Gasteiger partial charge in [-0.2, -0.15) is 13.2 Å². The van der Waals surface area contributed by atoms with Gasteiger partial charge in [-0.3, -0.25) is 0 Å². The van der Waals surface area contributed by atoms with E-state index >= 15 is 0 Å². The zero-order valence-corrected chi connectivity index (χ0v) is 10.5. The molecule has 0 spiro atoms. The fraction of sp³-hybridized carbons (Fsp3) is 0.333. The maximum Gasteiger partial charge on any atom is 0.501 e. The summed E-state index contributed by atoms with van der Waals surface area (Å²) in [6.07, 6.45) is 0.0411. The van der Waals surface area contributed by atoms with E-state index < -0.39 is 26.4 Å². The van der Waals surface area contributed by atoms with Crippen molar-refractivity contribution in [1.82, 2.24) is 0 Å². The van der Waals surface area contributed by atoms with Crippen molar-refractivity contribution < 1.29 is 26.3 Å². The van der Waals surface area contributed by atoms with Crippen LogP contribution in [0, 0.1) is 0 Å². The highest BCUT2D eigenvalue weighted by atomic mass is 32.2. The molecule has 7 heteroatoms. The molecule has 1 heterocycles. The summed E-state index contributed by atoms with van der Waals surface area (Å²) in [5, 5.41) is 0. The van der Waals surface area contributed by atoms with E-state index in [1.165, 1.54) is 12.1 Å². The van der Waals surface area contributed by atoms with Crippen molar-refractivity contribution in [2.75, 3.05) is 6.61 Å². The summed E-state index contributed by atoms with van der Waals surface area (Å²) >= 11 is 0. The molecule has 0 saturated heterocycles. The molecule has 1 aromatic carbocycles. The first kappa shape index (κ1) is 14.1. The van der Waals surface area contributed by atoms with E-state index in [1.807, 2.05) is 0 Å². The zero-order chi connectivity index (χ0) is 14.1. The molecule has 19 heavy (non-hydrogen) atoms. The Labute approximate surface area is 108 Å². The number of halogens is 3. The Kier molecular flexibility index (Phi) is 3.69. The Morgan fingerprint density at radius 3 is 2.37 bits per heavy atom. The minimum Gasteiger partial charge on any atom is -0.368 e. The first-order valence-electron chi connectivity index (χ1n) is 5.52. The van der Waals surface area contributed by atoms with Crippen molar-refractivity contribution in [2.24, 2.45) is 0 Å². The molecule has 1 unspecified atom stereocenters. The third-order valence-electron chi connectivity index (χ3n) is 2.72. The van der Waals surface area contributed by atoms with E-state index in [1.54, 1.807) is 18.2 Å². The Morgan fingerprint density at radius 2 is 1.79 bits per heavy atom. The average Bonchev–Trinajstić information content (AvgIpc) is 2.38. The van der Waals surface area contributed by atoms with Crippen LogP contribution in [0.4, 0.5) is 13.2 Å². The van der Waals surface area contributed by atoms with Gasteiger partial charge >= 0.3 is 5.51 Å². The van der Waals surface area contributed by atoms with Crippen LogP contribution in [0.3, 0.4) is 0 Å². The molecule has 0 saturated carbocycles. The fourth-order valence-corrected chi connectivity index (χ4v) is 2.94. The summed E-state index contributed by atoms with van der Waals surface area (Å²) in [6, 6.07) is 8.00. The van der Waals surface area contributed by atoms with Crippen LogP contribution in [0.2, 0.25) is 0 Å². The highest BCUT2D eigenvalue weighted by Gasteiger charge is 2.50. The molecular weight excluding hydrogens is 281 g/mol. The molecule has 3 nitrogen and oxygen atoms in total. The summed E-state index contributed by atoms with van der Waals surface area (Å²) in [4.78, 5) is -0.725. The maximum absolute atomic E-state index is 12.6. The van der Waals surface area contributed by atoms with Crippen LogP contribution in [0.1, 0.15) is 18.1 Å². The number of rotatable bonds is 2. The van der Waals surface area contributed by atoms with E-state index in [0.717, 1.165) is 6.08 Å². The highest BCUT2D eigenvalue weighted by molar-refractivity contribution is 7.96. The second kappa shape index (κ2) is 4.97. The normalized spacial score (nSPS) is 21.0. The van der Waals surface area contributed by atoms with Gasteiger partial charge in [0.1, 0.15) is 6.10 Å². The third kappa shape index (κ3) is 2.66. The molecule has 2 rings (SSSR count). The van der Waals surface area contributed by atoms with Crippen molar-refractivity contribution in [2.45, 2.75) is 18.0 Å².